The molecule has 0 unspecified atom stereocenters. The molecule has 0 N–H and O–H groups in total. The van der Waals surface area contributed by atoms with Gasteiger partial charge in [0.15, 0.2) is 0 Å². The van der Waals surface area contributed by atoms with Crippen LogP contribution in [0.3, 0.4) is 0 Å². The highest BCUT2D eigenvalue weighted by Gasteiger charge is 2.20. The highest BCUT2D eigenvalue weighted by atomic mass is 35.7. The molecule has 0 amide bonds. The van der Waals surface area contributed by atoms with Gasteiger partial charge in [-0.25, -0.2) is 18.6 Å². The molecule has 0 spiro atoms. The van der Waals surface area contributed by atoms with E-state index in [4.69, 9.17) is 18.6 Å². The number of rotatable bonds is 2. The Hall–Kier alpha value is -1.29. The van der Waals surface area contributed by atoms with E-state index in [0.717, 1.165) is 16.5 Å². The van der Waals surface area contributed by atoms with Gasteiger partial charge in [0.25, 0.3) is 0 Å². The highest BCUT2D eigenvalue weighted by molar-refractivity contribution is 7.06. The van der Waals surface area contributed by atoms with E-state index >= 15 is 0 Å². The third-order valence-electron chi connectivity index (χ3n) is 2.13. The molecule has 9 heteroatoms. The van der Waals surface area contributed by atoms with Crippen molar-refractivity contribution < 1.29 is 32.8 Å². The first-order valence-corrected chi connectivity index (χ1v) is 7.41. The Bertz CT molecular complexity index is 536. The maximum atomic E-state index is 8.49. The summed E-state index contributed by atoms with van der Waals surface area (Å²) in [6.45, 7) is 0. The first kappa shape index (κ1) is 16.8. The average Bonchev–Trinajstić information content (AvgIpc) is 2.70. The van der Waals surface area contributed by atoms with Crippen LogP contribution in [-0.4, -0.2) is 19.1 Å². The number of hydrogen-bond acceptors (Lipinski definition) is 7. The van der Waals surface area contributed by atoms with Gasteiger partial charge in [0.05, 0.1) is 12.6 Å². The zero-order chi connectivity index (χ0) is 15.3. The second-order valence-corrected chi connectivity index (χ2v) is 5.80. The lowest BCUT2D eigenvalue weighted by molar-refractivity contribution is -2.00. The zero-order valence-electron chi connectivity index (χ0n) is 11.1. The molecule has 0 saturated heterocycles. The number of nitrogens with zero attached hydrogens (tertiary/aromatic N) is 3. The SMILES string of the molecule is CN(C)c1nc(-c2ccccc2)[n+](C)s1.[O-][Cl+3]([O-])([O-])[O-]. The lowest BCUT2D eigenvalue weighted by Gasteiger charge is -2.17. The molecule has 110 valence electrons. The van der Waals surface area contributed by atoms with Crippen molar-refractivity contribution in [1.29, 1.82) is 0 Å². The number of aryl methyl sites for hydroxylation is 1. The Morgan fingerprint density at radius 2 is 1.60 bits per heavy atom. The van der Waals surface area contributed by atoms with Gasteiger partial charge in [-0.1, -0.05) is 18.2 Å². The molecular weight excluding hydrogens is 306 g/mol. The van der Waals surface area contributed by atoms with Crippen molar-refractivity contribution in [3.05, 3.63) is 30.3 Å². The van der Waals surface area contributed by atoms with Crippen molar-refractivity contribution in [2.45, 2.75) is 0 Å². The lowest BCUT2D eigenvalue weighted by Crippen LogP contribution is -2.68. The minimum atomic E-state index is -4.94. The molecule has 20 heavy (non-hydrogen) atoms. The molecule has 0 aliphatic rings. The largest absolute Gasteiger partial charge is 0.345 e. The fraction of sp³-hybridized carbons (Fsp3) is 0.273. The van der Waals surface area contributed by atoms with Crippen molar-refractivity contribution in [1.82, 2.24) is 4.98 Å². The Kier molecular flexibility index (Phi) is 5.81. The van der Waals surface area contributed by atoms with Gasteiger partial charge in [-0.3, -0.25) is 0 Å². The van der Waals surface area contributed by atoms with Gasteiger partial charge in [-0.2, -0.15) is 3.96 Å². The molecule has 2 aromatic rings. The second-order valence-electron chi connectivity index (χ2n) is 3.95. The normalized spacial score (nSPS) is 10.8. The summed E-state index contributed by atoms with van der Waals surface area (Å²) in [4.78, 5) is 6.61. The molecule has 7 nitrogen and oxygen atoms in total. The van der Waals surface area contributed by atoms with Gasteiger partial charge < -0.3 is 4.90 Å². The molecular formula is C11H14ClN3O4S. The van der Waals surface area contributed by atoms with Crippen LogP contribution in [0, 0.1) is 10.2 Å². The van der Waals surface area contributed by atoms with Crippen LogP contribution in [0.5, 0.6) is 0 Å². The molecule has 1 heterocycles. The maximum Gasteiger partial charge on any atom is 0.345 e. The summed E-state index contributed by atoms with van der Waals surface area (Å²) in [5.41, 5.74) is 1.16. The van der Waals surface area contributed by atoms with Crippen molar-refractivity contribution in [3.63, 3.8) is 0 Å². The van der Waals surface area contributed by atoms with Gasteiger partial charge in [0.1, 0.15) is 11.5 Å². The Labute approximate surface area is 122 Å². The summed E-state index contributed by atoms with van der Waals surface area (Å²) in [6, 6.07) is 10.2. The third-order valence-corrected chi connectivity index (χ3v) is 3.20. The number of hydrogen-bond donors (Lipinski definition) is 0. The number of aromatic nitrogens is 2. The average molecular weight is 320 g/mol. The predicted octanol–water partition coefficient (Wildman–Crippen LogP) is -3.06. The zero-order valence-corrected chi connectivity index (χ0v) is 12.7. The Morgan fingerprint density at radius 1 is 1.10 bits per heavy atom. The monoisotopic (exact) mass is 319 g/mol. The second kappa shape index (κ2) is 6.93. The van der Waals surface area contributed by atoms with Crippen molar-refractivity contribution in [3.8, 4) is 11.4 Å². The standard InChI is InChI=1S/C11H14N3S.ClHO4/c1-13(2)11-12-10(14(3)15-11)9-7-5-4-6-8-9;2-1(3,4)5/h4-8H,1-3H3;(H,2,3,4,5)/q+1;/p-1. The van der Waals surface area contributed by atoms with Crippen LogP contribution in [0.25, 0.3) is 11.4 Å². The summed E-state index contributed by atoms with van der Waals surface area (Å²) in [7, 11) is 1.11. The first-order valence-electron chi connectivity index (χ1n) is 5.40. The van der Waals surface area contributed by atoms with E-state index in [-0.39, 0.29) is 0 Å². The van der Waals surface area contributed by atoms with Gasteiger partial charge >= 0.3 is 11.0 Å². The van der Waals surface area contributed by atoms with Gasteiger partial charge in [0, 0.05) is 14.1 Å². The smallest absolute Gasteiger partial charge is 0.331 e. The Morgan fingerprint density at radius 3 is 2.00 bits per heavy atom. The molecule has 0 fully saturated rings. The third kappa shape index (κ3) is 5.78. The molecule has 0 aliphatic carbocycles. The van der Waals surface area contributed by atoms with Crippen molar-refractivity contribution in [2.75, 3.05) is 19.0 Å². The molecule has 0 bridgehead atoms. The van der Waals surface area contributed by atoms with Crippen LogP contribution < -0.4 is 27.5 Å². The fourth-order valence-corrected chi connectivity index (χ4v) is 2.13. The minimum absolute atomic E-state index is 1.02. The van der Waals surface area contributed by atoms with Crippen LogP contribution in [0.15, 0.2) is 30.3 Å². The van der Waals surface area contributed by atoms with E-state index in [1.165, 1.54) is 0 Å². The van der Waals surface area contributed by atoms with Gasteiger partial charge in [0.2, 0.25) is 0 Å². The lowest BCUT2D eigenvalue weighted by atomic mass is 10.2. The number of anilines is 1. The van der Waals surface area contributed by atoms with Crippen LogP contribution in [0.2, 0.25) is 0 Å². The summed E-state index contributed by atoms with van der Waals surface area (Å²) in [5, 5.41) is 1.02. The number of halogens is 1. The molecule has 1 aromatic carbocycles. The van der Waals surface area contributed by atoms with Gasteiger partial charge in [-0.15, -0.1) is 10.2 Å². The minimum Gasteiger partial charge on any atom is -0.331 e. The topological polar surface area (TPSA) is 112 Å². The van der Waals surface area contributed by atoms with Gasteiger partial charge in [-0.05, 0) is 17.1 Å². The molecule has 1 aromatic heterocycles. The summed E-state index contributed by atoms with van der Waals surface area (Å²) >= 11 is 1.65. The molecule has 0 radical (unpaired) electrons. The van der Waals surface area contributed by atoms with E-state index in [1.807, 2.05) is 44.2 Å². The van der Waals surface area contributed by atoms with Crippen LogP contribution in [0.1, 0.15) is 0 Å². The van der Waals surface area contributed by atoms with E-state index in [2.05, 4.69) is 21.1 Å². The number of benzene rings is 1. The quantitative estimate of drug-likeness (QED) is 0.543. The first-order chi connectivity index (χ1) is 9.18. The van der Waals surface area contributed by atoms with E-state index in [9.17, 15) is 0 Å². The van der Waals surface area contributed by atoms with E-state index in [1.54, 1.807) is 11.5 Å². The molecule has 2 rings (SSSR count). The maximum absolute atomic E-state index is 8.49. The van der Waals surface area contributed by atoms with Crippen molar-refractivity contribution >= 4 is 16.7 Å². The predicted molar refractivity (Wildman–Crippen MR) is 63.1 cm³/mol. The molecule has 0 atom stereocenters. The fourth-order valence-electron chi connectivity index (χ4n) is 1.36. The summed E-state index contributed by atoms with van der Waals surface area (Å²) in [5.74, 6) is 1.02. The van der Waals surface area contributed by atoms with Crippen LogP contribution in [0.4, 0.5) is 5.13 Å². The van der Waals surface area contributed by atoms with Crippen molar-refractivity contribution in [2.24, 2.45) is 7.05 Å². The van der Waals surface area contributed by atoms with Crippen LogP contribution >= 0.6 is 11.5 Å². The summed E-state index contributed by atoms with van der Waals surface area (Å²) < 4.78 is 36.1. The van der Waals surface area contributed by atoms with Crippen LogP contribution in [-0.2, 0) is 7.05 Å². The molecule has 0 saturated carbocycles. The Balaban J connectivity index is 0.000000347. The molecule has 0 aliphatic heterocycles. The highest BCUT2D eigenvalue weighted by Crippen LogP contribution is 2.19. The van der Waals surface area contributed by atoms with E-state index < -0.39 is 10.2 Å². The summed E-state index contributed by atoms with van der Waals surface area (Å²) in [6.07, 6.45) is 0. The van der Waals surface area contributed by atoms with E-state index in [0.29, 0.717) is 0 Å².